The Balaban J connectivity index is 2.45. The molecule has 0 amide bonds. The molecule has 1 rings (SSSR count). The van der Waals surface area contributed by atoms with E-state index in [2.05, 4.69) is 26.2 Å². The molecular formula is C9H13BrN2O. The molecule has 0 aromatic carbocycles. The fourth-order valence-corrected chi connectivity index (χ4v) is 1.18. The third kappa shape index (κ3) is 3.74. The van der Waals surface area contributed by atoms with Crippen molar-refractivity contribution in [2.24, 2.45) is 0 Å². The molecule has 1 atom stereocenters. The zero-order valence-corrected chi connectivity index (χ0v) is 9.34. The van der Waals surface area contributed by atoms with Crippen LogP contribution in [0.15, 0.2) is 22.8 Å². The molecular weight excluding hydrogens is 232 g/mol. The van der Waals surface area contributed by atoms with Gasteiger partial charge in [-0.15, -0.1) is 0 Å². The van der Waals surface area contributed by atoms with Crippen molar-refractivity contribution in [3.8, 4) is 0 Å². The van der Waals surface area contributed by atoms with Gasteiger partial charge in [-0.05, 0) is 35.0 Å². The van der Waals surface area contributed by atoms with Crippen LogP contribution in [0.3, 0.4) is 0 Å². The lowest BCUT2D eigenvalue weighted by atomic mass is 10.4. The molecule has 0 spiro atoms. The number of hydrogen-bond donors (Lipinski definition) is 1. The van der Waals surface area contributed by atoms with Crippen LogP contribution in [-0.4, -0.2) is 24.7 Å². The molecule has 13 heavy (non-hydrogen) atoms. The summed E-state index contributed by atoms with van der Waals surface area (Å²) in [6.07, 6.45) is 0.195. The van der Waals surface area contributed by atoms with Gasteiger partial charge in [-0.25, -0.2) is 4.98 Å². The van der Waals surface area contributed by atoms with E-state index in [0.29, 0.717) is 0 Å². The van der Waals surface area contributed by atoms with Crippen LogP contribution in [0.25, 0.3) is 0 Å². The number of halogens is 1. The summed E-state index contributed by atoms with van der Waals surface area (Å²) in [5.41, 5.74) is 0. The van der Waals surface area contributed by atoms with Crippen LogP contribution in [0.1, 0.15) is 6.92 Å². The van der Waals surface area contributed by atoms with E-state index >= 15 is 0 Å². The highest BCUT2D eigenvalue weighted by molar-refractivity contribution is 9.10. The van der Waals surface area contributed by atoms with E-state index in [1.807, 2.05) is 25.1 Å². The smallest absolute Gasteiger partial charge is 0.127 e. The zero-order valence-electron chi connectivity index (χ0n) is 7.75. The maximum absolute atomic E-state index is 5.10. The highest BCUT2D eigenvalue weighted by Crippen LogP contribution is 2.09. The van der Waals surface area contributed by atoms with Gasteiger partial charge < -0.3 is 10.1 Å². The molecule has 0 fully saturated rings. The Hall–Kier alpha value is -0.610. The van der Waals surface area contributed by atoms with Crippen molar-refractivity contribution in [2.75, 3.05) is 19.0 Å². The summed E-state index contributed by atoms with van der Waals surface area (Å²) in [6, 6.07) is 5.76. The van der Waals surface area contributed by atoms with Gasteiger partial charge in [0.25, 0.3) is 0 Å². The van der Waals surface area contributed by atoms with Crippen molar-refractivity contribution in [1.29, 1.82) is 0 Å². The molecule has 0 aliphatic heterocycles. The molecule has 0 aliphatic carbocycles. The lowest BCUT2D eigenvalue weighted by Gasteiger charge is -2.10. The highest BCUT2D eigenvalue weighted by atomic mass is 79.9. The molecule has 1 unspecified atom stereocenters. The van der Waals surface area contributed by atoms with Crippen LogP contribution in [-0.2, 0) is 4.74 Å². The number of ether oxygens (including phenoxy) is 1. The first kappa shape index (κ1) is 10.5. The minimum Gasteiger partial charge on any atom is -0.380 e. The molecule has 1 N–H and O–H groups in total. The maximum Gasteiger partial charge on any atom is 0.127 e. The van der Waals surface area contributed by atoms with E-state index in [1.54, 1.807) is 7.11 Å². The molecule has 0 aliphatic rings. The summed E-state index contributed by atoms with van der Waals surface area (Å²) < 4.78 is 5.94. The standard InChI is InChI=1S/C9H13BrN2O/c1-7(13-2)6-11-9-5-3-4-8(10)12-9/h3-5,7H,6H2,1-2H3,(H,11,12). The van der Waals surface area contributed by atoms with Crippen LogP contribution >= 0.6 is 15.9 Å². The molecule has 0 radical (unpaired) electrons. The van der Waals surface area contributed by atoms with Gasteiger partial charge in [-0.1, -0.05) is 6.07 Å². The van der Waals surface area contributed by atoms with E-state index < -0.39 is 0 Å². The van der Waals surface area contributed by atoms with Gasteiger partial charge in [0.05, 0.1) is 6.10 Å². The minimum atomic E-state index is 0.195. The van der Waals surface area contributed by atoms with Gasteiger partial charge in [0, 0.05) is 13.7 Å². The second kappa shape index (κ2) is 5.19. The van der Waals surface area contributed by atoms with Gasteiger partial charge >= 0.3 is 0 Å². The van der Waals surface area contributed by atoms with Crippen molar-refractivity contribution < 1.29 is 4.74 Å². The number of nitrogens with one attached hydrogen (secondary N) is 1. The van der Waals surface area contributed by atoms with Crippen LogP contribution in [0.4, 0.5) is 5.82 Å². The Kier molecular flexibility index (Phi) is 4.18. The van der Waals surface area contributed by atoms with Gasteiger partial charge in [0.2, 0.25) is 0 Å². The number of hydrogen-bond acceptors (Lipinski definition) is 3. The van der Waals surface area contributed by atoms with Crippen LogP contribution in [0, 0.1) is 0 Å². The Morgan fingerprint density at radius 2 is 2.38 bits per heavy atom. The second-order valence-corrected chi connectivity index (χ2v) is 3.59. The summed E-state index contributed by atoms with van der Waals surface area (Å²) in [5.74, 6) is 0.860. The molecule has 72 valence electrons. The van der Waals surface area contributed by atoms with Gasteiger partial charge in [0.15, 0.2) is 0 Å². The topological polar surface area (TPSA) is 34.1 Å². The van der Waals surface area contributed by atoms with Gasteiger partial charge in [-0.3, -0.25) is 0 Å². The predicted octanol–water partition coefficient (Wildman–Crippen LogP) is 2.29. The van der Waals surface area contributed by atoms with Crippen LogP contribution in [0.5, 0.6) is 0 Å². The van der Waals surface area contributed by atoms with Crippen molar-refractivity contribution in [1.82, 2.24) is 4.98 Å². The van der Waals surface area contributed by atoms with Crippen molar-refractivity contribution in [3.63, 3.8) is 0 Å². The zero-order chi connectivity index (χ0) is 9.68. The number of rotatable bonds is 4. The summed E-state index contributed by atoms with van der Waals surface area (Å²) in [4.78, 5) is 4.23. The summed E-state index contributed by atoms with van der Waals surface area (Å²) in [6.45, 7) is 2.77. The summed E-state index contributed by atoms with van der Waals surface area (Å²) in [7, 11) is 1.70. The van der Waals surface area contributed by atoms with Gasteiger partial charge in [-0.2, -0.15) is 0 Å². The summed E-state index contributed by atoms with van der Waals surface area (Å²) in [5, 5.41) is 3.17. The van der Waals surface area contributed by atoms with Crippen molar-refractivity contribution in [2.45, 2.75) is 13.0 Å². The number of nitrogens with zero attached hydrogens (tertiary/aromatic N) is 1. The molecule has 1 heterocycles. The van der Waals surface area contributed by atoms with Crippen molar-refractivity contribution in [3.05, 3.63) is 22.8 Å². The average molecular weight is 245 g/mol. The Morgan fingerprint density at radius 1 is 1.62 bits per heavy atom. The first-order valence-electron chi connectivity index (χ1n) is 4.11. The van der Waals surface area contributed by atoms with Gasteiger partial charge in [0.1, 0.15) is 10.4 Å². The number of aromatic nitrogens is 1. The molecule has 0 saturated carbocycles. The molecule has 1 aromatic heterocycles. The van der Waals surface area contributed by atoms with E-state index in [-0.39, 0.29) is 6.10 Å². The lowest BCUT2D eigenvalue weighted by Crippen LogP contribution is -2.18. The average Bonchev–Trinajstić information content (AvgIpc) is 2.14. The molecule has 0 saturated heterocycles. The third-order valence-corrected chi connectivity index (χ3v) is 2.13. The Bertz CT molecular complexity index is 268. The van der Waals surface area contributed by atoms with E-state index in [9.17, 15) is 0 Å². The fraction of sp³-hybridized carbons (Fsp3) is 0.444. The quantitative estimate of drug-likeness (QED) is 0.826. The lowest BCUT2D eigenvalue weighted by molar-refractivity contribution is 0.128. The third-order valence-electron chi connectivity index (χ3n) is 1.69. The predicted molar refractivity (Wildman–Crippen MR) is 56.9 cm³/mol. The Morgan fingerprint density at radius 3 is 3.00 bits per heavy atom. The van der Waals surface area contributed by atoms with E-state index in [1.165, 1.54) is 0 Å². The number of methoxy groups -OCH3 is 1. The molecule has 4 heteroatoms. The monoisotopic (exact) mass is 244 g/mol. The van der Waals surface area contributed by atoms with E-state index in [4.69, 9.17) is 4.74 Å². The highest BCUT2D eigenvalue weighted by Gasteiger charge is 1.99. The second-order valence-electron chi connectivity index (χ2n) is 2.77. The first-order valence-corrected chi connectivity index (χ1v) is 4.91. The minimum absolute atomic E-state index is 0.195. The fourth-order valence-electron chi connectivity index (χ4n) is 0.838. The maximum atomic E-state index is 5.10. The summed E-state index contributed by atoms with van der Waals surface area (Å²) >= 11 is 3.30. The molecule has 3 nitrogen and oxygen atoms in total. The van der Waals surface area contributed by atoms with Crippen LogP contribution < -0.4 is 5.32 Å². The normalized spacial score (nSPS) is 12.5. The van der Waals surface area contributed by atoms with E-state index in [0.717, 1.165) is 17.0 Å². The number of anilines is 1. The first-order chi connectivity index (χ1) is 6.22. The largest absolute Gasteiger partial charge is 0.380 e. The molecule has 0 bridgehead atoms. The SMILES string of the molecule is COC(C)CNc1cccc(Br)n1. The molecule has 1 aromatic rings. The van der Waals surface area contributed by atoms with Crippen molar-refractivity contribution >= 4 is 21.7 Å². The number of pyridine rings is 1. The van der Waals surface area contributed by atoms with Crippen LogP contribution in [0.2, 0.25) is 0 Å². The Labute approximate surface area is 86.6 Å².